The average Bonchev–Trinajstić information content (AvgIpc) is 2.74. The van der Waals surface area contributed by atoms with Crippen molar-refractivity contribution >= 4 is 17.3 Å². The van der Waals surface area contributed by atoms with Crippen molar-refractivity contribution in [3.8, 4) is 17.0 Å². The van der Waals surface area contributed by atoms with E-state index in [1.54, 1.807) is 12.3 Å². The van der Waals surface area contributed by atoms with Crippen LogP contribution in [0.3, 0.4) is 0 Å². The number of Topliss-reactive ketones (excluding diaryl/α,β-unsaturated/α-hetero) is 3. The van der Waals surface area contributed by atoms with Gasteiger partial charge in [0, 0.05) is 30.7 Å². The van der Waals surface area contributed by atoms with Crippen LogP contribution in [-0.4, -0.2) is 50.9 Å². The molecule has 7 heteroatoms. The Morgan fingerprint density at radius 3 is 2.58 bits per heavy atom. The highest BCUT2D eigenvalue weighted by Gasteiger charge is 2.35. The molecule has 0 aliphatic heterocycles. The maximum atomic E-state index is 13.1. The lowest BCUT2D eigenvalue weighted by atomic mass is 9.72. The molecule has 3 atom stereocenters. The van der Waals surface area contributed by atoms with Crippen molar-refractivity contribution in [2.24, 2.45) is 17.8 Å². The minimum atomic E-state index is -0.765. The van der Waals surface area contributed by atoms with Crippen molar-refractivity contribution in [2.75, 3.05) is 13.2 Å². The molecule has 3 N–H and O–H groups in total. The summed E-state index contributed by atoms with van der Waals surface area (Å²) in [6, 6.07) is 7.08. The first kappa shape index (κ1) is 24.7. The van der Waals surface area contributed by atoms with Gasteiger partial charge in [0.1, 0.15) is 17.3 Å². The third-order valence-corrected chi connectivity index (χ3v) is 6.54. The van der Waals surface area contributed by atoms with Crippen molar-refractivity contribution in [3.63, 3.8) is 0 Å². The smallest absolute Gasteiger partial charge is 0.167 e. The van der Waals surface area contributed by atoms with Gasteiger partial charge in [-0.1, -0.05) is 6.07 Å². The Balaban J connectivity index is 1.94. The van der Waals surface area contributed by atoms with Gasteiger partial charge in [-0.2, -0.15) is 0 Å². The molecule has 0 bridgehead atoms. The number of hydrogen-bond donors (Lipinski definition) is 3. The van der Waals surface area contributed by atoms with Crippen molar-refractivity contribution in [1.29, 1.82) is 0 Å². The first-order chi connectivity index (χ1) is 15.8. The molecule has 1 heterocycles. The molecule has 0 saturated carbocycles. The molecule has 176 valence electrons. The average molecular weight is 454 g/mol. The Morgan fingerprint density at radius 1 is 1.18 bits per heavy atom. The molecule has 0 amide bonds. The maximum Gasteiger partial charge on any atom is 0.167 e. The number of aromatic hydroxyl groups is 1. The number of pyridine rings is 1. The topological polar surface area (TPSA) is 125 Å². The number of aromatic nitrogens is 1. The molecule has 1 aliphatic rings. The van der Waals surface area contributed by atoms with Crippen molar-refractivity contribution in [2.45, 2.75) is 46.0 Å². The number of fused-ring (bicyclic) bond motifs is 1. The molecule has 0 spiro atoms. The van der Waals surface area contributed by atoms with Crippen LogP contribution in [0.2, 0.25) is 0 Å². The number of carbonyl (C=O) groups is 3. The Bertz CT molecular complexity index is 1050. The van der Waals surface area contributed by atoms with E-state index in [-0.39, 0.29) is 54.4 Å². The minimum Gasteiger partial charge on any atom is -0.507 e. The largest absolute Gasteiger partial charge is 0.507 e. The number of phenolic OH excluding ortho intramolecular Hbond substituents is 1. The Hall–Kier alpha value is -2.90. The van der Waals surface area contributed by atoms with E-state index in [1.807, 2.05) is 19.1 Å². The van der Waals surface area contributed by atoms with E-state index in [4.69, 9.17) is 0 Å². The predicted octanol–water partition coefficient (Wildman–Crippen LogP) is 3.05. The number of nitrogens with zero attached hydrogens (tertiary/aromatic N) is 1. The molecule has 1 aliphatic carbocycles. The Kier molecular flexibility index (Phi) is 8.10. The fraction of sp³-hybridized carbons (Fsp3) is 0.462. The summed E-state index contributed by atoms with van der Waals surface area (Å²) in [4.78, 5) is 41.5. The van der Waals surface area contributed by atoms with Gasteiger partial charge in [0.05, 0.1) is 24.3 Å². The maximum absolute atomic E-state index is 13.1. The van der Waals surface area contributed by atoms with E-state index in [0.29, 0.717) is 24.8 Å². The summed E-state index contributed by atoms with van der Waals surface area (Å²) in [6.07, 6.45) is 2.87. The van der Waals surface area contributed by atoms with Gasteiger partial charge in [0.2, 0.25) is 0 Å². The fourth-order valence-corrected chi connectivity index (χ4v) is 5.01. The standard InChI is InChI=1S/C26H31NO6/c1-15-4-3-8-27-26(15)19-5-6-22(31)25-20(19)12-17(13-24(25)33)11-18(7-9-28)21(14-29)23(32)10-16(2)30/h3-6,8,17-18,21,28-29,31H,7,9-14H2,1-2H3. The van der Waals surface area contributed by atoms with Crippen LogP contribution >= 0.6 is 0 Å². The van der Waals surface area contributed by atoms with Crippen LogP contribution < -0.4 is 0 Å². The number of phenols is 1. The van der Waals surface area contributed by atoms with E-state index in [2.05, 4.69) is 4.98 Å². The van der Waals surface area contributed by atoms with Crippen LogP contribution in [0, 0.1) is 24.7 Å². The number of aliphatic hydroxyl groups is 2. The van der Waals surface area contributed by atoms with E-state index in [1.165, 1.54) is 13.0 Å². The van der Waals surface area contributed by atoms with Gasteiger partial charge in [-0.15, -0.1) is 0 Å². The van der Waals surface area contributed by atoms with E-state index in [9.17, 15) is 29.7 Å². The van der Waals surface area contributed by atoms with Gasteiger partial charge in [0.15, 0.2) is 5.78 Å². The van der Waals surface area contributed by atoms with E-state index < -0.39 is 12.5 Å². The van der Waals surface area contributed by atoms with Gasteiger partial charge in [-0.3, -0.25) is 19.4 Å². The fourth-order valence-electron chi connectivity index (χ4n) is 5.01. The molecule has 3 rings (SSSR count). The van der Waals surface area contributed by atoms with Gasteiger partial charge >= 0.3 is 0 Å². The number of aryl methyl sites for hydroxylation is 1. The second-order valence-electron chi connectivity index (χ2n) is 8.99. The van der Waals surface area contributed by atoms with Gasteiger partial charge in [-0.05, 0) is 74.3 Å². The SMILES string of the molecule is CC(=O)CC(=O)C(CO)C(CCO)CC1CC(=O)c2c(O)ccc(-c3ncccc3C)c2C1. The molecule has 2 aromatic rings. The number of benzene rings is 1. The van der Waals surface area contributed by atoms with Crippen LogP contribution in [0.25, 0.3) is 11.3 Å². The summed E-state index contributed by atoms with van der Waals surface area (Å²) in [5, 5.41) is 29.9. The molecule has 33 heavy (non-hydrogen) atoms. The monoisotopic (exact) mass is 453 g/mol. The predicted molar refractivity (Wildman–Crippen MR) is 123 cm³/mol. The molecule has 3 unspecified atom stereocenters. The van der Waals surface area contributed by atoms with E-state index >= 15 is 0 Å². The van der Waals surface area contributed by atoms with Gasteiger partial charge < -0.3 is 15.3 Å². The molecular formula is C26H31NO6. The number of carbonyl (C=O) groups excluding carboxylic acids is 3. The highest BCUT2D eigenvalue weighted by Crippen LogP contribution is 2.41. The number of ketones is 3. The molecule has 0 saturated heterocycles. The Labute approximate surface area is 193 Å². The summed E-state index contributed by atoms with van der Waals surface area (Å²) in [5.41, 5.74) is 3.55. The zero-order chi connectivity index (χ0) is 24.1. The third kappa shape index (κ3) is 5.54. The second-order valence-corrected chi connectivity index (χ2v) is 8.99. The number of rotatable bonds is 10. The first-order valence-corrected chi connectivity index (χ1v) is 11.3. The molecule has 0 radical (unpaired) electrons. The van der Waals surface area contributed by atoms with Crippen molar-refractivity contribution < 1.29 is 29.7 Å². The van der Waals surface area contributed by atoms with Crippen LogP contribution in [0.15, 0.2) is 30.5 Å². The van der Waals surface area contributed by atoms with Gasteiger partial charge in [0.25, 0.3) is 0 Å². The molecular weight excluding hydrogens is 422 g/mol. The van der Waals surface area contributed by atoms with Crippen LogP contribution in [-0.2, 0) is 16.0 Å². The van der Waals surface area contributed by atoms with E-state index in [0.717, 1.165) is 22.4 Å². The lowest BCUT2D eigenvalue weighted by Gasteiger charge is -2.31. The zero-order valence-corrected chi connectivity index (χ0v) is 19.1. The summed E-state index contributed by atoms with van der Waals surface area (Å²) >= 11 is 0. The second kappa shape index (κ2) is 10.8. The highest BCUT2D eigenvalue weighted by atomic mass is 16.3. The molecule has 1 aromatic carbocycles. The van der Waals surface area contributed by atoms with Crippen LogP contribution in [0.5, 0.6) is 5.75 Å². The quantitative estimate of drug-likeness (QED) is 0.472. The highest BCUT2D eigenvalue weighted by molar-refractivity contribution is 6.03. The van der Waals surface area contributed by atoms with Gasteiger partial charge in [-0.25, -0.2) is 0 Å². The molecule has 0 fully saturated rings. The normalized spacial score (nSPS) is 17.3. The lowest BCUT2D eigenvalue weighted by Crippen LogP contribution is -2.32. The molecule has 7 nitrogen and oxygen atoms in total. The summed E-state index contributed by atoms with van der Waals surface area (Å²) < 4.78 is 0. The van der Waals surface area contributed by atoms with Crippen molar-refractivity contribution in [1.82, 2.24) is 4.98 Å². The minimum absolute atomic E-state index is 0.0532. The first-order valence-electron chi connectivity index (χ1n) is 11.3. The third-order valence-electron chi connectivity index (χ3n) is 6.54. The summed E-state index contributed by atoms with van der Waals surface area (Å²) in [6.45, 7) is 2.70. The number of aliphatic hydroxyl groups excluding tert-OH is 2. The lowest BCUT2D eigenvalue weighted by molar-refractivity contribution is -0.131. The zero-order valence-electron chi connectivity index (χ0n) is 19.1. The summed E-state index contributed by atoms with van der Waals surface area (Å²) in [7, 11) is 0. The Morgan fingerprint density at radius 2 is 1.94 bits per heavy atom. The van der Waals surface area contributed by atoms with Crippen molar-refractivity contribution in [3.05, 3.63) is 47.2 Å². The molecule has 1 aromatic heterocycles. The number of hydrogen-bond acceptors (Lipinski definition) is 7. The summed E-state index contributed by atoms with van der Waals surface area (Å²) in [5.74, 6) is -2.09. The van der Waals surface area contributed by atoms with Crippen LogP contribution in [0.1, 0.15) is 54.1 Å². The van der Waals surface area contributed by atoms with Crippen LogP contribution in [0.4, 0.5) is 0 Å².